The average molecular weight is 180 g/mol. The van der Waals surface area contributed by atoms with Crippen LogP contribution in [0.5, 0.6) is 0 Å². The molecule has 1 unspecified atom stereocenters. The SMILES string of the molecule is Cc1cc(C)n(C(C)CC(=N)N)n1. The summed E-state index contributed by atoms with van der Waals surface area (Å²) in [5.74, 6) is 0.208. The minimum absolute atomic E-state index is 0.172. The Kier molecular flexibility index (Phi) is 2.70. The van der Waals surface area contributed by atoms with Crippen LogP contribution in [0.15, 0.2) is 6.07 Å². The minimum Gasteiger partial charge on any atom is -0.388 e. The summed E-state index contributed by atoms with van der Waals surface area (Å²) in [6.45, 7) is 5.99. The van der Waals surface area contributed by atoms with Crippen molar-refractivity contribution in [2.75, 3.05) is 0 Å². The predicted octanol–water partition coefficient (Wildman–Crippen LogP) is 1.39. The average Bonchev–Trinajstić information content (AvgIpc) is 2.28. The second-order valence-corrected chi connectivity index (χ2v) is 3.45. The summed E-state index contributed by atoms with van der Waals surface area (Å²) in [4.78, 5) is 0. The molecule has 4 nitrogen and oxygen atoms in total. The largest absolute Gasteiger partial charge is 0.388 e. The Hall–Kier alpha value is -1.32. The molecule has 0 radical (unpaired) electrons. The van der Waals surface area contributed by atoms with E-state index >= 15 is 0 Å². The van der Waals surface area contributed by atoms with Gasteiger partial charge >= 0.3 is 0 Å². The summed E-state index contributed by atoms with van der Waals surface area (Å²) in [7, 11) is 0. The summed E-state index contributed by atoms with van der Waals surface area (Å²) in [5, 5.41) is 11.5. The van der Waals surface area contributed by atoms with Crippen LogP contribution in [-0.2, 0) is 0 Å². The van der Waals surface area contributed by atoms with E-state index in [9.17, 15) is 0 Å². The lowest BCUT2D eigenvalue weighted by Crippen LogP contribution is -2.18. The first-order valence-corrected chi connectivity index (χ1v) is 4.36. The molecule has 1 atom stereocenters. The van der Waals surface area contributed by atoms with Gasteiger partial charge in [0, 0.05) is 12.1 Å². The second kappa shape index (κ2) is 3.60. The Morgan fingerprint density at radius 3 is 2.69 bits per heavy atom. The zero-order valence-corrected chi connectivity index (χ0v) is 8.33. The highest BCUT2D eigenvalue weighted by Crippen LogP contribution is 2.13. The van der Waals surface area contributed by atoms with Crippen LogP contribution >= 0.6 is 0 Å². The number of aryl methyl sites for hydroxylation is 2. The molecule has 0 aliphatic carbocycles. The van der Waals surface area contributed by atoms with Gasteiger partial charge in [-0.1, -0.05) is 0 Å². The molecule has 0 aliphatic heterocycles. The first kappa shape index (κ1) is 9.77. The topological polar surface area (TPSA) is 67.7 Å². The normalized spacial score (nSPS) is 12.8. The highest BCUT2D eigenvalue weighted by molar-refractivity contribution is 5.77. The van der Waals surface area contributed by atoms with Crippen LogP contribution in [0.2, 0.25) is 0 Å². The number of hydrogen-bond acceptors (Lipinski definition) is 2. The summed E-state index contributed by atoms with van der Waals surface area (Å²) in [5.41, 5.74) is 7.45. The standard InChI is InChI=1S/C9H16N4/c1-6-4-7(2)13(12-6)8(3)5-9(10)11/h4,8H,5H2,1-3H3,(H3,10,11). The van der Waals surface area contributed by atoms with Gasteiger partial charge in [-0.05, 0) is 26.8 Å². The molecule has 13 heavy (non-hydrogen) atoms. The maximum Gasteiger partial charge on any atom is 0.0926 e. The van der Waals surface area contributed by atoms with E-state index in [0.29, 0.717) is 6.42 Å². The highest BCUT2D eigenvalue weighted by Gasteiger charge is 2.09. The molecular weight excluding hydrogens is 164 g/mol. The van der Waals surface area contributed by atoms with Gasteiger partial charge in [-0.2, -0.15) is 5.10 Å². The van der Waals surface area contributed by atoms with Gasteiger partial charge in [0.05, 0.1) is 17.6 Å². The van der Waals surface area contributed by atoms with Gasteiger partial charge in [-0.25, -0.2) is 0 Å². The monoisotopic (exact) mass is 180 g/mol. The predicted molar refractivity (Wildman–Crippen MR) is 52.9 cm³/mol. The summed E-state index contributed by atoms with van der Waals surface area (Å²) in [6.07, 6.45) is 0.558. The first-order chi connectivity index (χ1) is 6.00. The molecule has 72 valence electrons. The minimum atomic E-state index is 0.172. The maximum atomic E-state index is 7.19. The fraction of sp³-hybridized carbons (Fsp3) is 0.556. The quantitative estimate of drug-likeness (QED) is 0.545. The zero-order valence-electron chi connectivity index (χ0n) is 8.33. The van der Waals surface area contributed by atoms with Gasteiger partial charge in [0.2, 0.25) is 0 Å². The van der Waals surface area contributed by atoms with E-state index in [1.54, 1.807) is 0 Å². The van der Waals surface area contributed by atoms with E-state index < -0.39 is 0 Å². The van der Waals surface area contributed by atoms with Crippen LogP contribution < -0.4 is 5.73 Å². The van der Waals surface area contributed by atoms with E-state index in [0.717, 1.165) is 11.4 Å². The van der Waals surface area contributed by atoms with Crippen molar-refractivity contribution in [2.24, 2.45) is 5.73 Å². The molecule has 1 aromatic rings. The number of hydrogen-bond donors (Lipinski definition) is 2. The van der Waals surface area contributed by atoms with Crippen molar-refractivity contribution in [3.63, 3.8) is 0 Å². The Morgan fingerprint density at radius 2 is 2.31 bits per heavy atom. The van der Waals surface area contributed by atoms with Crippen molar-refractivity contribution in [3.8, 4) is 0 Å². The van der Waals surface area contributed by atoms with E-state index in [1.807, 2.05) is 31.5 Å². The van der Waals surface area contributed by atoms with Crippen LogP contribution in [0.25, 0.3) is 0 Å². The van der Waals surface area contributed by atoms with Crippen LogP contribution in [0, 0.1) is 19.3 Å². The third-order valence-electron chi connectivity index (χ3n) is 1.98. The van der Waals surface area contributed by atoms with Crippen molar-refractivity contribution in [1.82, 2.24) is 9.78 Å². The molecular formula is C9H16N4. The Bertz CT molecular complexity index is 313. The van der Waals surface area contributed by atoms with Crippen molar-refractivity contribution in [1.29, 1.82) is 5.41 Å². The fourth-order valence-corrected chi connectivity index (χ4v) is 1.50. The number of amidine groups is 1. The Balaban J connectivity index is 2.81. The molecule has 0 fully saturated rings. The maximum absolute atomic E-state index is 7.19. The summed E-state index contributed by atoms with van der Waals surface area (Å²) < 4.78 is 1.91. The Labute approximate surface area is 78.3 Å². The molecule has 0 amide bonds. The van der Waals surface area contributed by atoms with Gasteiger partial charge in [-0.3, -0.25) is 10.1 Å². The third kappa shape index (κ3) is 2.31. The summed E-state index contributed by atoms with van der Waals surface area (Å²) in [6, 6.07) is 2.20. The molecule has 0 aromatic carbocycles. The lowest BCUT2D eigenvalue weighted by Gasteiger charge is -2.12. The molecule has 3 N–H and O–H groups in total. The highest BCUT2D eigenvalue weighted by atomic mass is 15.3. The fourth-order valence-electron chi connectivity index (χ4n) is 1.50. The van der Waals surface area contributed by atoms with Gasteiger partial charge in [-0.15, -0.1) is 0 Å². The molecule has 1 rings (SSSR count). The number of rotatable bonds is 3. The van der Waals surface area contributed by atoms with Crippen molar-refractivity contribution in [3.05, 3.63) is 17.5 Å². The smallest absolute Gasteiger partial charge is 0.0926 e. The van der Waals surface area contributed by atoms with Gasteiger partial charge in [0.1, 0.15) is 0 Å². The zero-order chi connectivity index (χ0) is 10.0. The molecule has 0 bridgehead atoms. The summed E-state index contributed by atoms with van der Waals surface area (Å²) >= 11 is 0. The molecule has 4 heteroatoms. The van der Waals surface area contributed by atoms with Crippen LogP contribution in [0.3, 0.4) is 0 Å². The van der Waals surface area contributed by atoms with Crippen molar-refractivity contribution in [2.45, 2.75) is 33.2 Å². The van der Waals surface area contributed by atoms with Crippen molar-refractivity contribution < 1.29 is 0 Å². The number of nitrogens with two attached hydrogens (primary N) is 1. The number of nitrogens with one attached hydrogen (secondary N) is 1. The van der Waals surface area contributed by atoms with Crippen LogP contribution in [-0.4, -0.2) is 15.6 Å². The molecule has 0 spiro atoms. The first-order valence-electron chi connectivity index (χ1n) is 4.36. The molecule has 1 heterocycles. The third-order valence-corrected chi connectivity index (χ3v) is 1.98. The molecule has 0 saturated carbocycles. The van der Waals surface area contributed by atoms with E-state index in [2.05, 4.69) is 5.10 Å². The van der Waals surface area contributed by atoms with Gasteiger partial charge in [0.25, 0.3) is 0 Å². The van der Waals surface area contributed by atoms with Crippen molar-refractivity contribution >= 4 is 5.84 Å². The molecule has 0 saturated heterocycles. The Morgan fingerprint density at radius 1 is 1.69 bits per heavy atom. The van der Waals surface area contributed by atoms with Gasteiger partial charge in [0.15, 0.2) is 0 Å². The van der Waals surface area contributed by atoms with E-state index in [-0.39, 0.29) is 11.9 Å². The van der Waals surface area contributed by atoms with Gasteiger partial charge < -0.3 is 5.73 Å². The molecule has 1 aromatic heterocycles. The number of nitrogens with zero attached hydrogens (tertiary/aromatic N) is 2. The van der Waals surface area contributed by atoms with E-state index in [1.165, 1.54) is 0 Å². The molecule has 0 aliphatic rings. The second-order valence-electron chi connectivity index (χ2n) is 3.45. The van der Waals surface area contributed by atoms with Crippen LogP contribution in [0.1, 0.15) is 30.8 Å². The lowest BCUT2D eigenvalue weighted by molar-refractivity contribution is 0.490. The lowest BCUT2D eigenvalue weighted by atomic mass is 10.2. The van der Waals surface area contributed by atoms with Crippen LogP contribution in [0.4, 0.5) is 0 Å². The van der Waals surface area contributed by atoms with E-state index in [4.69, 9.17) is 11.1 Å². The number of aromatic nitrogens is 2.